The first-order valence-electron chi connectivity index (χ1n) is 8.52. The van der Waals surface area contributed by atoms with Crippen molar-refractivity contribution in [2.24, 2.45) is 5.73 Å². The second kappa shape index (κ2) is 6.33. The van der Waals surface area contributed by atoms with Gasteiger partial charge in [-0.1, -0.05) is 6.07 Å². The lowest BCUT2D eigenvalue weighted by Crippen LogP contribution is -2.26. The van der Waals surface area contributed by atoms with E-state index in [4.69, 9.17) is 5.73 Å². The van der Waals surface area contributed by atoms with Crippen LogP contribution in [-0.4, -0.2) is 29.3 Å². The maximum absolute atomic E-state index is 13.2. The van der Waals surface area contributed by atoms with Crippen molar-refractivity contribution in [3.8, 4) is 22.4 Å². The van der Waals surface area contributed by atoms with Crippen molar-refractivity contribution in [1.29, 1.82) is 0 Å². The summed E-state index contributed by atoms with van der Waals surface area (Å²) in [7, 11) is 0. The highest BCUT2D eigenvalue weighted by Gasteiger charge is 2.21. The molecule has 0 aliphatic carbocycles. The minimum Gasteiger partial charge on any atom is -0.370 e. The fourth-order valence-electron chi connectivity index (χ4n) is 3.53. The largest absolute Gasteiger partial charge is 0.370 e. The predicted octanol–water partition coefficient (Wildman–Crippen LogP) is 3.73. The van der Waals surface area contributed by atoms with Crippen molar-refractivity contribution >= 4 is 5.69 Å². The first kappa shape index (κ1) is 15.8. The maximum Gasteiger partial charge on any atom is 0.123 e. The molecule has 3 aromatic rings. The van der Waals surface area contributed by atoms with Gasteiger partial charge in [0.2, 0.25) is 0 Å². The van der Waals surface area contributed by atoms with Crippen molar-refractivity contribution in [2.75, 3.05) is 18.0 Å². The Morgan fingerprint density at radius 1 is 1.16 bits per heavy atom. The molecule has 0 radical (unpaired) electrons. The van der Waals surface area contributed by atoms with Gasteiger partial charge in [0.25, 0.3) is 0 Å². The van der Waals surface area contributed by atoms with E-state index in [9.17, 15) is 4.39 Å². The molecule has 1 fully saturated rings. The average molecular weight is 336 g/mol. The normalized spacial score (nSPS) is 17.2. The van der Waals surface area contributed by atoms with Crippen LogP contribution in [0.1, 0.15) is 12.0 Å². The number of aromatic amines is 1. The van der Waals surface area contributed by atoms with Gasteiger partial charge in [-0.3, -0.25) is 5.10 Å². The number of halogens is 1. The minimum absolute atomic E-state index is 0.242. The second-order valence-electron chi connectivity index (χ2n) is 6.66. The van der Waals surface area contributed by atoms with E-state index in [0.29, 0.717) is 0 Å². The number of hydrogen-bond acceptors (Lipinski definition) is 3. The molecule has 1 aliphatic heterocycles. The van der Waals surface area contributed by atoms with Crippen LogP contribution in [0, 0.1) is 12.7 Å². The molecule has 0 bridgehead atoms. The van der Waals surface area contributed by atoms with Gasteiger partial charge >= 0.3 is 0 Å². The number of nitrogens with zero attached hydrogens (tertiary/aromatic N) is 2. The Kier molecular flexibility index (Phi) is 4.01. The average Bonchev–Trinajstić information content (AvgIpc) is 3.24. The Bertz CT molecular complexity index is 885. The smallest absolute Gasteiger partial charge is 0.123 e. The summed E-state index contributed by atoms with van der Waals surface area (Å²) < 4.78 is 13.2. The molecule has 2 aromatic carbocycles. The number of H-pyrrole nitrogens is 1. The Morgan fingerprint density at radius 3 is 2.60 bits per heavy atom. The summed E-state index contributed by atoms with van der Waals surface area (Å²) in [5, 5.41) is 7.23. The van der Waals surface area contributed by atoms with Gasteiger partial charge in [-0.05, 0) is 60.9 Å². The zero-order valence-corrected chi connectivity index (χ0v) is 14.2. The van der Waals surface area contributed by atoms with Gasteiger partial charge in [-0.25, -0.2) is 4.39 Å². The van der Waals surface area contributed by atoms with Crippen LogP contribution in [-0.2, 0) is 0 Å². The zero-order valence-electron chi connectivity index (χ0n) is 14.2. The highest BCUT2D eigenvalue weighted by Crippen LogP contribution is 2.33. The third-order valence-electron chi connectivity index (χ3n) is 4.85. The molecule has 1 aromatic heterocycles. The molecule has 1 atom stereocenters. The molecule has 2 heterocycles. The minimum atomic E-state index is -0.242. The van der Waals surface area contributed by atoms with E-state index in [2.05, 4.69) is 40.2 Å². The number of aryl methyl sites for hydroxylation is 1. The standard InChI is InChI=1S/C20H21FN4/c1-13-10-15(4-7-19(13)25-9-8-17(22)12-25)18-11-23-24-20(18)14-2-5-16(21)6-3-14/h2-7,10-11,17H,8-9,12,22H2,1H3,(H,23,24). The summed E-state index contributed by atoms with van der Waals surface area (Å²) in [6.07, 6.45) is 2.86. The summed E-state index contributed by atoms with van der Waals surface area (Å²) in [5.41, 5.74) is 12.4. The summed E-state index contributed by atoms with van der Waals surface area (Å²) in [6, 6.07) is 13.2. The van der Waals surface area contributed by atoms with Gasteiger partial charge in [-0.15, -0.1) is 0 Å². The fraction of sp³-hybridized carbons (Fsp3) is 0.250. The van der Waals surface area contributed by atoms with Gasteiger partial charge in [0.15, 0.2) is 0 Å². The van der Waals surface area contributed by atoms with Crippen molar-refractivity contribution in [3.05, 3.63) is 60.0 Å². The highest BCUT2D eigenvalue weighted by atomic mass is 19.1. The van der Waals surface area contributed by atoms with Gasteiger partial charge in [0.05, 0.1) is 11.9 Å². The Labute approximate surface area is 146 Å². The van der Waals surface area contributed by atoms with E-state index in [1.807, 2.05) is 6.20 Å². The molecular formula is C20H21FN4. The quantitative estimate of drug-likeness (QED) is 0.766. The van der Waals surface area contributed by atoms with Crippen LogP contribution in [0.15, 0.2) is 48.7 Å². The molecule has 1 unspecified atom stereocenters. The Hall–Kier alpha value is -2.66. The van der Waals surface area contributed by atoms with Crippen molar-refractivity contribution in [3.63, 3.8) is 0 Å². The lowest BCUT2D eigenvalue weighted by Gasteiger charge is -2.21. The van der Waals surface area contributed by atoms with Crippen LogP contribution in [0.3, 0.4) is 0 Å². The second-order valence-corrected chi connectivity index (χ2v) is 6.66. The summed E-state index contributed by atoms with van der Waals surface area (Å²) in [4.78, 5) is 2.35. The lowest BCUT2D eigenvalue weighted by molar-refractivity contribution is 0.628. The SMILES string of the molecule is Cc1cc(-c2cn[nH]c2-c2ccc(F)cc2)ccc1N1CCC(N)C1. The molecule has 128 valence electrons. The zero-order chi connectivity index (χ0) is 17.4. The molecule has 4 rings (SSSR count). The van der Waals surface area contributed by atoms with E-state index in [1.54, 1.807) is 12.1 Å². The fourth-order valence-corrected chi connectivity index (χ4v) is 3.53. The third-order valence-corrected chi connectivity index (χ3v) is 4.85. The number of rotatable bonds is 3. The third kappa shape index (κ3) is 3.03. The Morgan fingerprint density at radius 2 is 1.92 bits per heavy atom. The summed E-state index contributed by atoms with van der Waals surface area (Å²) in [5.74, 6) is -0.242. The Balaban J connectivity index is 1.68. The van der Waals surface area contributed by atoms with Crippen LogP contribution in [0.4, 0.5) is 10.1 Å². The number of aromatic nitrogens is 2. The molecule has 1 aliphatic rings. The molecule has 0 amide bonds. The highest BCUT2D eigenvalue weighted by molar-refractivity contribution is 5.81. The molecule has 1 saturated heterocycles. The van der Waals surface area contributed by atoms with Crippen LogP contribution in [0.5, 0.6) is 0 Å². The summed E-state index contributed by atoms with van der Waals surface area (Å²) >= 11 is 0. The van der Waals surface area contributed by atoms with E-state index >= 15 is 0 Å². The number of nitrogens with one attached hydrogen (secondary N) is 1. The summed E-state index contributed by atoms with van der Waals surface area (Å²) in [6.45, 7) is 4.04. The predicted molar refractivity (Wildman–Crippen MR) is 99.0 cm³/mol. The van der Waals surface area contributed by atoms with E-state index in [-0.39, 0.29) is 11.9 Å². The monoisotopic (exact) mass is 336 g/mol. The molecule has 4 nitrogen and oxygen atoms in total. The molecule has 5 heteroatoms. The van der Waals surface area contributed by atoms with Gasteiger partial charge in [-0.2, -0.15) is 5.10 Å². The number of nitrogens with two attached hydrogens (primary N) is 1. The number of anilines is 1. The van der Waals surface area contributed by atoms with E-state index in [1.165, 1.54) is 23.4 Å². The molecule has 25 heavy (non-hydrogen) atoms. The van der Waals surface area contributed by atoms with Gasteiger partial charge in [0, 0.05) is 35.9 Å². The van der Waals surface area contributed by atoms with E-state index < -0.39 is 0 Å². The number of hydrogen-bond donors (Lipinski definition) is 2. The maximum atomic E-state index is 13.2. The van der Waals surface area contributed by atoms with Gasteiger partial charge < -0.3 is 10.6 Å². The van der Waals surface area contributed by atoms with Gasteiger partial charge in [0.1, 0.15) is 5.82 Å². The molecular weight excluding hydrogens is 315 g/mol. The molecule has 0 spiro atoms. The topological polar surface area (TPSA) is 57.9 Å². The van der Waals surface area contributed by atoms with Crippen molar-refractivity contribution < 1.29 is 4.39 Å². The first-order chi connectivity index (χ1) is 12.1. The van der Waals surface area contributed by atoms with E-state index in [0.717, 1.165) is 41.9 Å². The van der Waals surface area contributed by atoms with Crippen LogP contribution >= 0.6 is 0 Å². The molecule has 3 N–H and O–H groups in total. The molecule has 0 saturated carbocycles. The lowest BCUT2D eigenvalue weighted by atomic mass is 9.99. The number of benzene rings is 2. The first-order valence-corrected chi connectivity index (χ1v) is 8.52. The van der Waals surface area contributed by atoms with Crippen molar-refractivity contribution in [1.82, 2.24) is 10.2 Å². The van der Waals surface area contributed by atoms with Crippen LogP contribution in [0.25, 0.3) is 22.4 Å². The van der Waals surface area contributed by atoms with Crippen LogP contribution < -0.4 is 10.6 Å². The van der Waals surface area contributed by atoms with Crippen molar-refractivity contribution in [2.45, 2.75) is 19.4 Å². The van der Waals surface area contributed by atoms with Crippen LogP contribution in [0.2, 0.25) is 0 Å².